The second kappa shape index (κ2) is 6.55. The number of hydrogen-bond acceptors (Lipinski definition) is 4. The van der Waals surface area contributed by atoms with Crippen molar-refractivity contribution < 1.29 is 14.7 Å². The van der Waals surface area contributed by atoms with Crippen LogP contribution in [0.1, 0.15) is 22.5 Å². The van der Waals surface area contributed by atoms with Crippen molar-refractivity contribution in [1.82, 2.24) is 5.32 Å². The Morgan fingerprint density at radius 3 is 2.88 bits per heavy atom. The number of aromatic carboxylic acids is 1. The summed E-state index contributed by atoms with van der Waals surface area (Å²) < 4.78 is 0. The third-order valence-corrected chi connectivity index (χ3v) is 4.01. The van der Waals surface area contributed by atoms with E-state index in [0.717, 1.165) is 17.1 Å². The van der Waals surface area contributed by atoms with E-state index in [1.54, 1.807) is 24.9 Å². The zero-order valence-corrected chi connectivity index (χ0v) is 10.5. The Bertz CT molecular complexity index is 376. The number of carbonyl (C=O) groups is 2. The highest BCUT2D eigenvalue weighted by Crippen LogP contribution is 2.25. The van der Waals surface area contributed by atoms with Crippen molar-refractivity contribution in [2.75, 3.05) is 12.8 Å². The van der Waals surface area contributed by atoms with Crippen LogP contribution in [0.15, 0.2) is 16.3 Å². The summed E-state index contributed by atoms with van der Waals surface area (Å²) in [4.78, 5) is 22.9. The minimum atomic E-state index is -0.887. The molecular formula is C10H13NO3S2. The number of hydrogen-bond donors (Lipinski definition) is 2. The Kier molecular flexibility index (Phi) is 5.34. The lowest BCUT2D eigenvalue weighted by Crippen LogP contribution is -2.17. The predicted octanol–water partition coefficient (Wildman–Crippen LogP) is 2.06. The first kappa shape index (κ1) is 13.1. The Labute approximate surface area is 102 Å². The highest BCUT2D eigenvalue weighted by molar-refractivity contribution is 7.99. The van der Waals surface area contributed by atoms with E-state index >= 15 is 0 Å². The lowest BCUT2D eigenvalue weighted by Gasteiger charge is -1.98. The average molecular weight is 259 g/mol. The SMILES string of the molecule is CNC(=O)CCCSc1csc(C(=O)O)c1. The summed E-state index contributed by atoms with van der Waals surface area (Å²) in [5.41, 5.74) is 0. The third kappa shape index (κ3) is 4.24. The molecule has 0 aromatic carbocycles. The van der Waals surface area contributed by atoms with Crippen molar-refractivity contribution >= 4 is 35.0 Å². The van der Waals surface area contributed by atoms with E-state index in [2.05, 4.69) is 5.32 Å². The Balaban J connectivity index is 2.27. The molecule has 0 bridgehead atoms. The van der Waals surface area contributed by atoms with Crippen LogP contribution in [0.4, 0.5) is 0 Å². The summed E-state index contributed by atoms with van der Waals surface area (Å²) in [7, 11) is 1.62. The lowest BCUT2D eigenvalue weighted by molar-refractivity contribution is -0.120. The highest BCUT2D eigenvalue weighted by Gasteiger charge is 2.07. The molecule has 0 aliphatic carbocycles. The summed E-state index contributed by atoms with van der Waals surface area (Å²) in [6.45, 7) is 0. The zero-order chi connectivity index (χ0) is 12.0. The van der Waals surface area contributed by atoms with Gasteiger partial charge in [0.1, 0.15) is 4.88 Å². The van der Waals surface area contributed by atoms with Crippen LogP contribution in [0.2, 0.25) is 0 Å². The molecule has 0 saturated carbocycles. The lowest BCUT2D eigenvalue weighted by atomic mass is 10.3. The Hall–Kier alpha value is -1.01. The summed E-state index contributed by atoms with van der Waals surface area (Å²) in [5, 5.41) is 13.1. The van der Waals surface area contributed by atoms with Gasteiger partial charge in [0.15, 0.2) is 0 Å². The quantitative estimate of drug-likeness (QED) is 0.606. The van der Waals surface area contributed by atoms with E-state index < -0.39 is 5.97 Å². The predicted molar refractivity (Wildman–Crippen MR) is 65.3 cm³/mol. The molecule has 4 nitrogen and oxygen atoms in total. The molecule has 1 amide bonds. The number of amides is 1. The molecule has 1 rings (SSSR count). The number of thiophene rings is 1. The highest BCUT2D eigenvalue weighted by atomic mass is 32.2. The third-order valence-electron chi connectivity index (χ3n) is 1.88. The Morgan fingerprint density at radius 2 is 2.31 bits per heavy atom. The van der Waals surface area contributed by atoms with Crippen LogP contribution in [0.25, 0.3) is 0 Å². The van der Waals surface area contributed by atoms with Gasteiger partial charge in [-0.25, -0.2) is 4.79 Å². The van der Waals surface area contributed by atoms with Crippen LogP contribution in [-0.4, -0.2) is 29.8 Å². The second-order valence-electron chi connectivity index (χ2n) is 3.08. The molecule has 0 unspecified atom stereocenters. The smallest absolute Gasteiger partial charge is 0.345 e. The van der Waals surface area contributed by atoms with Gasteiger partial charge in [-0.05, 0) is 18.2 Å². The maximum atomic E-state index is 10.9. The molecule has 1 aromatic heterocycles. The van der Waals surface area contributed by atoms with E-state index in [4.69, 9.17) is 5.11 Å². The monoisotopic (exact) mass is 259 g/mol. The minimum absolute atomic E-state index is 0.0390. The van der Waals surface area contributed by atoms with Crippen LogP contribution >= 0.6 is 23.1 Å². The zero-order valence-electron chi connectivity index (χ0n) is 8.86. The maximum Gasteiger partial charge on any atom is 0.345 e. The van der Waals surface area contributed by atoms with Gasteiger partial charge >= 0.3 is 5.97 Å². The van der Waals surface area contributed by atoms with E-state index in [-0.39, 0.29) is 5.91 Å². The van der Waals surface area contributed by atoms with Crippen molar-refractivity contribution in [3.63, 3.8) is 0 Å². The van der Waals surface area contributed by atoms with Crippen molar-refractivity contribution in [3.05, 3.63) is 16.3 Å². The van der Waals surface area contributed by atoms with E-state index in [0.29, 0.717) is 11.3 Å². The fraction of sp³-hybridized carbons (Fsp3) is 0.400. The van der Waals surface area contributed by atoms with E-state index in [1.165, 1.54) is 11.3 Å². The molecule has 6 heteroatoms. The standard InChI is InChI=1S/C10H13NO3S2/c1-11-9(12)3-2-4-15-7-5-8(10(13)14)16-6-7/h5-6H,2-4H2,1H3,(H,11,12)(H,13,14). The van der Waals surface area contributed by atoms with Gasteiger partial charge in [0.25, 0.3) is 0 Å². The van der Waals surface area contributed by atoms with Crippen molar-refractivity contribution in [2.24, 2.45) is 0 Å². The first-order valence-corrected chi connectivity index (χ1v) is 6.65. The molecule has 16 heavy (non-hydrogen) atoms. The van der Waals surface area contributed by atoms with Gasteiger partial charge in [-0.2, -0.15) is 0 Å². The van der Waals surface area contributed by atoms with Gasteiger partial charge in [-0.1, -0.05) is 0 Å². The van der Waals surface area contributed by atoms with Crippen LogP contribution < -0.4 is 5.32 Å². The average Bonchev–Trinajstić information content (AvgIpc) is 2.72. The molecule has 0 spiro atoms. The summed E-state index contributed by atoms with van der Waals surface area (Å²) in [6, 6.07) is 1.66. The molecule has 0 saturated heterocycles. The normalized spacial score (nSPS) is 10.1. The van der Waals surface area contributed by atoms with Gasteiger partial charge in [0.2, 0.25) is 5.91 Å². The van der Waals surface area contributed by atoms with Crippen molar-refractivity contribution in [2.45, 2.75) is 17.7 Å². The van der Waals surface area contributed by atoms with Crippen LogP contribution in [0.3, 0.4) is 0 Å². The molecule has 0 aliphatic heterocycles. The number of carboxylic acid groups (broad SMARTS) is 1. The maximum absolute atomic E-state index is 10.9. The molecule has 1 heterocycles. The summed E-state index contributed by atoms with van der Waals surface area (Å²) in [5.74, 6) is -0.0252. The van der Waals surface area contributed by atoms with Crippen LogP contribution in [0.5, 0.6) is 0 Å². The summed E-state index contributed by atoms with van der Waals surface area (Å²) in [6.07, 6.45) is 1.31. The summed E-state index contributed by atoms with van der Waals surface area (Å²) >= 11 is 2.81. The molecule has 0 radical (unpaired) electrons. The first-order valence-electron chi connectivity index (χ1n) is 4.78. The number of carboxylic acids is 1. The minimum Gasteiger partial charge on any atom is -0.477 e. The van der Waals surface area contributed by atoms with Crippen LogP contribution in [0, 0.1) is 0 Å². The molecule has 0 fully saturated rings. The number of nitrogens with one attached hydrogen (secondary N) is 1. The second-order valence-corrected chi connectivity index (χ2v) is 5.16. The van der Waals surface area contributed by atoms with Crippen molar-refractivity contribution in [1.29, 1.82) is 0 Å². The molecule has 2 N–H and O–H groups in total. The first-order chi connectivity index (χ1) is 7.63. The molecule has 88 valence electrons. The molecule has 1 aromatic rings. The number of rotatable bonds is 6. The van der Waals surface area contributed by atoms with E-state index in [9.17, 15) is 9.59 Å². The molecule has 0 aliphatic rings. The van der Waals surface area contributed by atoms with Gasteiger partial charge in [-0.15, -0.1) is 23.1 Å². The largest absolute Gasteiger partial charge is 0.477 e. The fourth-order valence-electron chi connectivity index (χ4n) is 1.05. The van der Waals surface area contributed by atoms with Crippen molar-refractivity contribution in [3.8, 4) is 0 Å². The van der Waals surface area contributed by atoms with Gasteiger partial charge in [-0.3, -0.25) is 4.79 Å². The Morgan fingerprint density at radius 1 is 1.56 bits per heavy atom. The topological polar surface area (TPSA) is 66.4 Å². The number of carbonyl (C=O) groups excluding carboxylic acids is 1. The van der Waals surface area contributed by atoms with Gasteiger partial charge in [0, 0.05) is 23.7 Å². The van der Waals surface area contributed by atoms with Gasteiger partial charge < -0.3 is 10.4 Å². The molecule has 0 atom stereocenters. The van der Waals surface area contributed by atoms with Gasteiger partial charge in [0.05, 0.1) is 0 Å². The molecular weight excluding hydrogens is 246 g/mol. The number of thioether (sulfide) groups is 1. The van der Waals surface area contributed by atoms with Crippen LogP contribution in [-0.2, 0) is 4.79 Å². The fourth-order valence-corrected chi connectivity index (χ4v) is 2.88. The van der Waals surface area contributed by atoms with E-state index in [1.807, 2.05) is 5.38 Å².